The zero-order chi connectivity index (χ0) is 37.6. The van der Waals surface area contributed by atoms with Crippen molar-refractivity contribution >= 4 is 42.0 Å². The molecule has 0 heterocycles. The highest BCUT2D eigenvalue weighted by Gasteiger charge is 2.32. The van der Waals surface area contributed by atoms with Crippen LogP contribution < -0.4 is 16.0 Å². The third-order valence-electron chi connectivity index (χ3n) is 6.89. The topological polar surface area (TPSA) is 238 Å². The van der Waals surface area contributed by atoms with Crippen molar-refractivity contribution < 1.29 is 58.5 Å². The van der Waals surface area contributed by atoms with Crippen molar-refractivity contribution in [2.75, 3.05) is 13.2 Å². The van der Waals surface area contributed by atoms with Gasteiger partial charge in [0.2, 0.25) is 11.8 Å². The first kappa shape index (κ1) is 42.7. The summed E-state index contributed by atoms with van der Waals surface area (Å²) in [6, 6.07) is 12.8. The summed E-state index contributed by atoms with van der Waals surface area (Å²) in [6.45, 7) is 5.45. The Morgan fingerprint density at radius 2 is 1.44 bits per heavy atom. The van der Waals surface area contributed by atoms with Gasteiger partial charge in [-0.2, -0.15) is 5.06 Å². The number of amides is 4. The molecule has 0 aliphatic rings. The van der Waals surface area contributed by atoms with Gasteiger partial charge in [0.15, 0.2) is 6.04 Å². The maximum atomic E-state index is 12.6. The predicted molar refractivity (Wildman–Crippen MR) is 178 cm³/mol. The van der Waals surface area contributed by atoms with Crippen molar-refractivity contribution in [3.63, 3.8) is 0 Å². The van der Waals surface area contributed by atoms with Crippen LogP contribution in [-0.2, 0) is 40.2 Å². The summed E-state index contributed by atoms with van der Waals surface area (Å²) in [6.07, 6.45) is 1.03. The van der Waals surface area contributed by atoms with E-state index in [1.54, 1.807) is 74.5 Å². The zero-order valence-electron chi connectivity index (χ0n) is 28.4. The summed E-state index contributed by atoms with van der Waals surface area (Å²) in [5, 5.41) is 35.2. The average Bonchev–Trinajstić information content (AvgIpc) is 3.10. The number of carbonyl (C=O) groups is 7. The van der Waals surface area contributed by atoms with Gasteiger partial charge in [0, 0.05) is 5.56 Å². The highest BCUT2D eigenvalue weighted by molar-refractivity contribution is 5.98. The molecule has 0 spiro atoms. The van der Waals surface area contributed by atoms with Crippen molar-refractivity contribution in [2.45, 2.75) is 77.7 Å². The SMILES string of the molecule is CCCC[C@H](NC(=O)[C@H](C)NC(=O)[C@@H](NC(=O)c1ccccc1)C(C)C)C(=O)O.O=CCON(C(=O)OCc1ccccc1)[C@H](CO)C(=O)O. The highest BCUT2D eigenvalue weighted by Crippen LogP contribution is 2.09. The Balaban J connectivity index is 0.000000526. The molecule has 2 aromatic rings. The van der Waals surface area contributed by atoms with E-state index in [0.717, 1.165) is 6.42 Å². The van der Waals surface area contributed by atoms with Gasteiger partial charge in [-0.3, -0.25) is 19.2 Å². The van der Waals surface area contributed by atoms with Crippen LogP contribution in [0, 0.1) is 5.92 Å². The van der Waals surface area contributed by atoms with Crippen LogP contribution in [0.5, 0.6) is 0 Å². The molecule has 50 heavy (non-hydrogen) atoms. The summed E-state index contributed by atoms with van der Waals surface area (Å²) in [5.41, 5.74) is 1.12. The number of ether oxygens (including phenoxy) is 1. The van der Waals surface area contributed by atoms with Gasteiger partial charge in [-0.15, -0.1) is 0 Å². The van der Waals surface area contributed by atoms with Crippen LogP contribution >= 0.6 is 0 Å². The van der Waals surface area contributed by atoms with Crippen LogP contribution in [0.4, 0.5) is 4.79 Å². The molecule has 0 saturated carbocycles. The van der Waals surface area contributed by atoms with Crippen molar-refractivity contribution in [3.8, 4) is 0 Å². The van der Waals surface area contributed by atoms with Gasteiger partial charge in [-0.05, 0) is 37.0 Å². The monoisotopic (exact) mass is 702 g/mol. The minimum absolute atomic E-state index is 0.0988. The van der Waals surface area contributed by atoms with Gasteiger partial charge in [-0.1, -0.05) is 82.1 Å². The van der Waals surface area contributed by atoms with Gasteiger partial charge in [0.05, 0.1) is 6.61 Å². The number of hydroxylamine groups is 2. The van der Waals surface area contributed by atoms with Crippen molar-refractivity contribution in [3.05, 3.63) is 71.8 Å². The van der Waals surface area contributed by atoms with E-state index in [0.29, 0.717) is 35.3 Å². The third kappa shape index (κ3) is 15.3. The molecule has 0 fully saturated rings. The lowest BCUT2D eigenvalue weighted by Crippen LogP contribution is -2.56. The molecule has 2 rings (SSSR count). The number of hydrogen-bond acceptors (Lipinski definition) is 10. The predicted octanol–water partition coefficient (Wildman–Crippen LogP) is 1.91. The minimum atomic E-state index is -1.66. The molecule has 2 aromatic carbocycles. The van der Waals surface area contributed by atoms with Crippen molar-refractivity contribution in [1.82, 2.24) is 21.0 Å². The zero-order valence-corrected chi connectivity index (χ0v) is 28.4. The number of carboxylic acids is 2. The maximum Gasteiger partial charge on any atom is 0.435 e. The Morgan fingerprint density at radius 1 is 0.840 bits per heavy atom. The molecule has 6 N–H and O–H groups in total. The molecule has 0 radical (unpaired) electrons. The summed E-state index contributed by atoms with van der Waals surface area (Å²) in [5.74, 6) is -4.29. The molecule has 0 aliphatic heterocycles. The largest absolute Gasteiger partial charge is 0.480 e. The second kappa shape index (κ2) is 23.1. The fourth-order valence-corrected chi connectivity index (χ4v) is 4.10. The van der Waals surface area contributed by atoms with Crippen LogP contribution in [0.1, 0.15) is 62.9 Å². The number of hydrogen-bond donors (Lipinski definition) is 6. The lowest BCUT2D eigenvalue weighted by Gasteiger charge is -2.24. The highest BCUT2D eigenvalue weighted by atomic mass is 16.7. The second-order valence-corrected chi connectivity index (χ2v) is 11.2. The van der Waals surface area contributed by atoms with Gasteiger partial charge in [0.1, 0.15) is 37.6 Å². The summed E-state index contributed by atoms with van der Waals surface area (Å²) in [4.78, 5) is 86.3. The normalized spacial score (nSPS) is 12.8. The van der Waals surface area contributed by atoms with Crippen LogP contribution in [0.3, 0.4) is 0 Å². The quantitative estimate of drug-likeness (QED) is 0.0909. The van der Waals surface area contributed by atoms with E-state index >= 15 is 0 Å². The number of nitrogens with zero attached hydrogens (tertiary/aromatic N) is 1. The van der Waals surface area contributed by atoms with E-state index in [-0.39, 0.29) is 18.4 Å². The molecule has 16 heteroatoms. The van der Waals surface area contributed by atoms with Gasteiger partial charge in [0.25, 0.3) is 5.91 Å². The molecule has 4 atom stereocenters. The van der Waals surface area contributed by atoms with Crippen LogP contribution in [0.25, 0.3) is 0 Å². The Labute approximate surface area is 290 Å². The maximum absolute atomic E-state index is 12.6. The van der Waals surface area contributed by atoms with Crippen LogP contribution in [0.2, 0.25) is 0 Å². The Morgan fingerprint density at radius 3 is 1.94 bits per heavy atom. The Kier molecular flexibility index (Phi) is 19.7. The molecule has 4 amide bonds. The number of carbonyl (C=O) groups excluding carboxylic acids is 5. The summed E-state index contributed by atoms with van der Waals surface area (Å²) < 4.78 is 4.89. The Hall–Kier alpha value is -5.35. The molecule has 0 unspecified atom stereocenters. The van der Waals surface area contributed by atoms with Gasteiger partial charge >= 0.3 is 18.0 Å². The van der Waals surface area contributed by atoms with E-state index in [1.165, 1.54) is 6.92 Å². The molecule has 0 bridgehead atoms. The minimum Gasteiger partial charge on any atom is -0.480 e. The number of aldehydes is 1. The fourth-order valence-electron chi connectivity index (χ4n) is 4.10. The number of nitrogens with one attached hydrogen (secondary N) is 3. The number of benzene rings is 2. The van der Waals surface area contributed by atoms with E-state index in [9.17, 15) is 38.7 Å². The standard InChI is InChI=1S/C21H31N3O5.C13H15NO7/c1-5-6-12-16(21(28)29)23-18(25)14(4)22-20(27)17(13(2)3)24-19(26)15-10-8-7-9-11-15;15-6-7-21-14(11(8-16)12(17)18)13(19)20-9-10-4-2-1-3-5-10/h7-11,13-14,16-17H,5-6,12H2,1-4H3,(H,22,27)(H,23,25)(H,24,26)(H,28,29);1-6,11,16H,7-9H2,(H,17,18)/t14-,16-,17-;11-/m01/s1. The summed E-state index contributed by atoms with van der Waals surface area (Å²) in [7, 11) is 0. The van der Waals surface area contributed by atoms with Crippen molar-refractivity contribution in [1.29, 1.82) is 0 Å². The first-order valence-electron chi connectivity index (χ1n) is 15.9. The fraction of sp³-hybridized carbons (Fsp3) is 0.441. The Bertz CT molecular complexity index is 1390. The van der Waals surface area contributed by atoms with E-state index in [2.05, 4.69) is 16.0 Å². The average molecular weight is 703 g/mol. The summed E-state index contributed by atoms with van der Waals surface area (Å²) >= 11 is 0. The molecular formula is C34H46N4O12. The lowest BCUT2D eigenvalue weighted by atomic mass is 10.0. The number of aliphatic carboxylic acids is 2. The lowest BCUT2D eigenvalue weighted by molar-refractivity contribution is -0.187. The third-order valence-corrected chi connectivity index (χ3v) is 6.89. The van der Waals surface area contributed by atoms with E-state index < -0.39 is 67.2 Å². The van der Waals surface area contributed by atoms with E-state index in [4.69, 9.17) is 19.8 Å². The number of carboxylic acid groups (broad SMARTS) is 2. The number of unbranched alkanes of at least 4 members (excludes halogenated alkanes) is 1. The number of rotatable bonds is 19. The molecule has 0 aromatic heterocycles. The van der Waals surface area contributed by atoms with Gasteiger partial charge in [-0.25, -0.2) is 14.4 Å². The molecule has 0 aliphatic carbocycles. The van der Waals surface area contributed by atoms with E-state index in [1.807, 2.05) is 6.92 Å². The van der Waals surface area contributed by atoms with Crippen LogP contribution in [-0.4, -0.2) is 99.8 Å². The number of aliphatic hydroxyl groups is 1. The number of aliphatic hydroxyl groups excluding tert-OH is 1. The molecule has 274 valence electrons. The van der Waals surface area contributed by atoms with Crippen molar-refractivity contribution in [2.24, 2.45) is 5.92 Å². The smallest absolute Gasteiger partial charge is 0.435 e. The first-order valence-corrected chi connectivity index (χ1v) is 15.9. The van der Waals surface area contributed by atoms with Gasteiger partial charge < -0.3 is 40.8 Å². The molecule has 0 saturated heterocycles. The van der Waals surface area contributed by atoms with Crippen LogP contribution in [0.15, 0.2) is 60.7 Å². The first-order chi connectivity index (χ1) is 23.8. The second-order valence-electron chi connectivity index (χ2n) is 11.2. The molecule has 16 nitrogen and oxygen atoms in total. The molecular weight excluding hydrogens is 656 g/mol.